The summed E-state index contributed by atoms with van der Waals surface area (Å²) in [5, 5.41) is 3.31. The number of anilines is 2. The van der Waals surface area contributed by atoms with Crippen LogP contribution in [0.2, 0.25) is 0 Å². The molecule has 1 heterocycles. The summed E-state index contributed by atoms with van der Waals surface area (Å²) in [6, 6.07) is 2.57. The van der Waals surface area contributed by atoms with E-state index in [1.54, 1.807) is 0 Å². The molecule has 0 radical (unpaired) electrons. The summed E-state index contributed by atoms with van der Waals surface area (Å²) in [7, 11) is 0. The van der Waals surface area contributed by atoms with Crippen molar-refractivity contribution in [3.05, 3.63) is 11.9 Å². The van der Waals surface area contributed by atoms with Gasteiger partial charge in [-0.2, -0.15) is 0 Å². The second kappa shape index (κ2) is 6.22. The highest BCUT2D eigenvalue weighted by atomic mass is 15.2. The van der Waals surface area contributed by atoms with Gasteiger partial charge in [0, 0.05) is 31.6 Å². The molecule has 0 aliphatic heterocycles. The molecule has 0 atom stereocenters. The highest BCUT2D eigenvalue weighted by Gasteiger charge is 2.26. The largest absolute Gasteiger partial charge is 0.370 e. The van der Waals surface area contributed by atoms with Crippen molar-refractivity contribution in [1.82, 2.24) is 9.97 Å². The zero-order valence-corrected chi connectivity index (χ0v) is 12.6. The maximum absolute atomic E-state index is 4.71. The zero-order chi connectivity index (χ0) is 13.8. The lowest BCUT2D eigenvalue weighted by Gasteiger charge is -2.28. The zero-order valence-electron chi connectivity index (χ0n) is 12.6. The molecule has 1 aromatic heterocycles. The highest BCUT2D eigenvalue weighted by Crippen LogP contribution is 2.32. The van der Waals surface area contributed by atoms with Crippen LogP contribution in [0.5, 0.6) is 0 Å². The van der Waals surface area contributed by atoms with Gasteiger partial charge in [-0.05, 0) is 39.5 Å². The molecule has 0 bridgehead atoms. The van der Waals surface area contributed by atoms with Gasteiger partial charge in [-0.15, -0.1) is 0 Å². The monoisotopic (exact) mass is 262 g/mol. The van der Waals surface area contributed by atoms with E-state index in [1.807, 2.05) is 0 Å². The van der Waals surface area contributed by atoms with Crippen LogP contribution in [0.15, 0.2) is 6.07 Å². The molecule has 1 N–H and O–H groups in total. The van der Waals surface area contributed by atoms with Gasteiger partial charge >= 0.3 is 0 Å². The second-order valence-corrected chi connectivity index (χ2v) is 5.60. The van der Waals surface area contributed by atoms with E-state index in [-0.39, 0.29) is 0 Å². The first kappa shape index (κ1) is 14.1. The summed E-state index contributed by atoms with van der Waals surface area (Å²) >= 11 is 0. The van der Waals surface area contributed by atoms with Gasteiger partial charge < -0.3 is 10.2 Å². The van der Waals surface area contributed by atoms with Gasteiger partial charge in [0.2, 0.25) is 0 Å². The summed E-state index contributed by atoms with van der Waals surface area (Å²) in [6.07, 6.45) is 3.62. The molecule has 4 heteroatoms. The molecule has 0 saturated heterocycles. The first-order valence-electron chi connectivity index (χ1n) is 7.52. The molecule has 0 amide bonds. The van der Waals surface area contributed by atoms with Gasteiger partial charge in [-0.1, -0.05) is 6.92 Å². The van der Waals surface area contributed by atoms with Crippen molar-refractivity contribution < 1.29 is 0 Å². The Morgan fingerprint density at radius 1 is 1.32 bits per heavy atom. The normalized spacial score (nSPS) is 14.8. The van der Waals surface area contributed by atoms with Crippen molar-refractivity contribution in [2.45, 2.75) is 53.0 Å². The Kier molecular flexibility index (Phi) is 4.61. The van der Waals surface area contributed by atoms with Gasteiger partial charge in [0.15, 0.2) is 0 Å². The molecule has 4 nitrogen and oxygen atoms in total. The number of aromatic nitrogens is 2. The van der Waals surface area contributed by atoms with Crippen molar-refractivity contribution in [2.24, 2.45) is 5.92 Å². The van der Waals surface area contributed by atoms with E-state index in [0.717, 1.165) is 42.9 Å². The molecule has 19 heavy (non-hydrogen) atoms. The summed E-state index contributed by atoms with van der Waals surface area (Å²) in [5.41, 5.74) is 0. The average molecular weight is 262 g/mol. The number of hydrogen-bond donors (Lipinski definition) is 1. The first-order chi connectivity index (χ1) is 9.13. The molecule has 1 aromatic rings. The van der Waals surface area contributed by atoms with E-state index in [0.29, 0.717) is 6.04 Å². The third kappa shape index (κ3) is 3.82. The quantitative estimate of drug-likeness (QED) is 0.820. The van der Waals surface area contributed by atoms with Crippen LogP contribution in [0.4, 0.5) is 11.6 Å². The number of hydrogen-bond acceptors (Lipinski definition) is 4. The van der Waals surface area contributed by atoms with Gasteiger partial charge in [0.1, 0.15) is 17.5 Å². The standard InChI is InChI=1S/C15H26N4/c1-5-13-17-14(16-6-2)9-15(18-13)19(11(3)4)10-12-7-8-12/h9,11-12H,5-8,10H2,1-4H3,(H,16,17,18). The smallest absolute Gasteiger partial charge is 0.134 e. The van der Waals surface area contributed by atoms with Gasteiger partial charge in [0.05, 0.1) is 0 Å². The minimum absolute atomic E-state index is 0.481. The molecule has 1 saturated carbocycles. The van der Waals surface area contributed by atoms with Crippen LogP contribution in [0.3, 0.4) is 0 Å². The van der Waals surface area contributed by atoms with E-state index in [1.165, 1.54) is 12.8 Å². The van der Waals surface area contributed by atoms with E-state index < -0.39 is 0 Å². The minimum atomic E-state index is 0.481. The van der Waals surface area contributed by atoms with Gasteiger partial charge in [-0.25, -0.2) is 9.97 Å². The number of nitrogens with one attached hydrogen (secondary N) is 1. The van der Waals surface area contributed by atoms with E-state index in [9.17, 15) is 0 Å². The Morgan fingerprint density at radius 3 is 2.58 bits per heavy atom. The third-order valence-electron chi connectivity index (χ3n) is 3.50. The molecule has 1 aliphatic rings. The van der Waals surface area contributed by atoms with E-state index in [4.69, 9.17) is 4.98 Å². The lowest BCUT2D eigenvalue weighted by molar-refractivity contribution is 0.633. The van der Waals surface area contributed by atoms with Crippen LogP contribution in [0.25, 0.3) is 0 Å². The number of nitrogens with zero attached hydrogens (tertiary/aromatic N) is 3. The Hall–Kier alpha value is -1.32. The SMILES string of the molecule is CCNc1cc(N(CC2CC2)C(C)C)nc(CC)n1. The van der Waals surface area contributed by atoms with Crippen LogP contribution < -0.4 is 10.2 Å². The molecule has 1 aliphatic carbocycles. The Balaban J connectivity index is 2.25. The van der Waals surface area contributed by atoms with Gasteiger partial charge in [-0.3, -0.25) is 0 Å². The summed E-state index contributed by atoms with van der Waals surface area (Å²) in [6.45, 7) is 10.7. The number of rotatable bonds is 7. The third-order valence-corrected chi connectivity index (χ3v) is 3.50. The van der Waals surface area contributed by atoms with Crippen molar-refractivity contribution in [3.63, 3.8) is 0 Å². The topological polar surface area (TPSA) is 41.0 Å². The fourth-order valence-corrected chi connectivity index (χ4v) is 2.21. The Morgan fingerprint density at radius 2 is 2.05 bits per heavy atom. The van der Waals surface area contributed by atoms with Crippen molar-refractivity contribution in [2.75, 3.05) is 23.3 Å². The Labute approximate surface area is 116 Å². The predicted octanol–water partition coefficient (Wildman–Crippen LogP) is 3.10. The number of aryl methyl sites for hydroxylation is 1. The van der Waals surface area contributed by atoms with Crippen LogP contribution in [-0.4, -0.2) is 29.1 Å². The molecule has 0 unspecified atom stereocenters. The minimum Gasteiger partial charge on any atom is -0.370 e. The molecular weight excluding hydrogens is 236 g/mol. The fraction of sp³-hybridized carbons (Fsp3) is 0.733. The molecule has 0 aromatic carbocycles. The molecule has 1 fully saturated rings. The Bertz CT molecular complexity index is 413. The molecule has 0 spiro atoms. The predicted molar refractivity (Wildman–Crippen MR) is 80.8 cm³/mol. The summed E-state index contributed by atoms with van der Waals surface area (Å²) < 4.78 is 0. The van der Waals surface area contributed by atoms with Crippen molar-refractivity contribution in [1.29, 1.82) is 0 Å². The lowest BCUT2D eigenvalue weighted by Crippen LogP contribution is -2.33. The molecule has 2 rings (SSSR count). The van der Waals surface area contributed by atoms with Crippen LogP contribution in [0.1, 0.15) is 46.4 Å². The first-order valence-corrected chi connectivity index (χ1v) is 7.52. The van der Waals surface area contributed by atoms with Crippen LogP contribution >= 0.6 is 0 Å². The lowest BCUT2D eigenvalue weighted by atomic mass is 10.2. The maximum atomic E-state index is 4.71. The summed E-state index contributed by atoms with van der Waals surface area (Å²) in [5.74, 6) is 3.82. The van der Waals surface area contributed by atoms with Gasteiger partial charge in [0.25, 0.3) is 0 Å². The fourth-order valence-electron chi connectivity index (χ4n) is 2.21. The second-order valence-electron chi connectivity index (χ2n) is 5.60. The van der Waals surface area contributed by atoms with Crippen LogP contribution in [-0.2, 0) is 6.42 Å². The average Bonchev–Trinajstić information content (AvgIpc) is 3.19. The van der Waals surface area contributed by atoms with Crippen molar-refractivity contribution >= 4 is 11.6 Å². The van der Waals surface area contributed by atoms with E-state index in [2.05, 4.69) is 49.0 Å². The van der Waals surface area contributed by atoms with E-state index >= 15 is 0 Å². The molecule has 106 valence electrons. The highest BCUT2D eigenvalue weighted by molar-refractivity contribution is 5.50. The van der Waals surface area contributed by atoms with Crippen molar-refractivity contribution in [3.8, 4) is 0 Å². The maximum Gasteiger partial charge on any atom is 0.134 e. The summed E-state index contributed by atoms with van der Waals surface area (Å²) in [4.78, 5) is 11.7. The van der Waals surface area contributed by atoms with Crippen LogP contribution in [0, 0.1) is 5.92 Å². The molecular formula is C15H26N4.